The van der Waals surface area contributed by atoms with Gasteiger partial charge in [-0.2, -0.15) is 0 Å². The molecule has 5 nitrogen and oxygen atoms in total. The van der Waals surface area contributed by atoms with Crippen LogP contribution in [0, 0.1) is 11.6 Å². The predicted octanol–water partition coefficient (Wildman–Crippen LogP) is 4.27. The van der Waals surface area contributed by atoms with Crippen molar-refractivity contribution in [2.24, 2.45) is 0 Å². The van der Waals surface area contributed by atoms with E-state index in [1.54, 1.807) is 18.2 Å². The fourth-order valence-electron chi connectivity index (χ4n) is 2.15. The Kier molecular flexibility index (Phi) is 5.38. The number of halogens is 3. The number of hydrogen-bond acceptors (Lipinski definition) is 4. The van der Waals surface area contributed by atoms with Crippen molar-refractivity contribution in [1.29, 1.82) is 0 Å². The summed E-state index contributed by atoms with van der Waals surface area (Å²) in [6.45, 7) is 0.467. The van der Waals surface area contributed by atoms with E-state index in [0.29, 0.717) is 17.4 Å². The Labute approximate surface area is 153 Å². The molecule has 1 aromatic heterocycles. The Bertz CT molecular complexity index is 935. The zero-order valence-corrected chi connectivity index (χ0v) is 14.1. The molecule has 2 aromatic carbocycles. The van der Waals surface area contributed by atoms with E-state index < -0.39 is 17.5 Å². The zero-order valence-electron chi connectivity index (χ0n) is 13.3. The number of anilines is 2. The Morgan fingerprint density at radius 1 is 0.962 bits per heavy atom. The highest BCUT2D eigenvalue weighted by Crippen LogP contribution is 2.17. The number of nitrogens with one attached hydrogen (secondary N) is 2. The summed E-state index contributed by atoms with van der Waals surface area (Å²) < 4.78 is 26.1. The molecule has 0 fully saturated rings. The fraction of sp³-hybridized carbons (Fsp3) is 0.0556. The molecule has 8 heteroatoms. The standard InChI is InChI=1S/C18H13ClF2N4O/c19-13-4-2-1-3-12(13)10-22-16-7-8-17(25-24-16)23-18(26)11-5-6-14(20)15(21)9-11/h1-9H,10H2,(H,22,24)(H,23,25,26). The van der Waals surface area contributed by atoms with Gasteiger partial charge in [-0.25, -0.2) is 8.78 Å². The van der Waals surface area contributed by atoms with Gasteiger partial charge in [-0.15, -0.1) is 10.2 Å². The van der Waals surface area contributed by atoms with Gasteiger partial charge in [-0.3, -0.25) is 4.79 Å². The first kappa shape index (κ1) is 17.8. The van der Waals surface area contributed by atoms with E-state index in [9.17, 15) is 13.6 Å². The van der Waals surface area contributed by atoms with Crippen LogP contribution in [-0.4, -0.2) is 16.1 Å². The molecule has 0 aliphatic heterocycles. The molecule has 1 amide bonds. The first-order valence-corrected chi connectivity index (χ1v) is 7.98. The summed E-state index contributed by atoms with van der Waals surface area (Å²) >= 11 is 6.08. The van der Waals surface area contributed by atoms with Gasteiger partial charge in [-0.1, -0.05) is 29.8 Å². The molecular weight excluding hydrogens is 362 g/mol. The van der Waals surface area contributed by atoms with E-state index in [4.69, 9.17) is 11.6 Å². The number of carbonyl (C=O) groups excluding carboxylic acids is 1. The van der Waals surface area contributed by atoms with E-state index in [0.717, 1.165) is 17.7 Å². The van der Waals surface area contributed by atoms with Gasteiger partial charge in [0.2, 0.25) is 0 Å². The second kappa shape index (κ2) is 7.88. The smallest absolute Gasteiger partial charge is 0.256 e. The summed E-state index contributed by atoms with van der Waals surface area (Å²) in [5, 5.41) is 14.0. The molecule has 26 heavy (non-hydrogen) atoms. The summed E-state index contributed by atoms with van der Waals surface area (Å²) in [6.07, 6.45) is 0. The molecule has 0 bridgehead atoms. The molecule has 3 aromatic rings. The first-order valence-electron chi connectivity index (χ1n) is 7.60. The number of benzene rings is 2. The molecule has 1 heterocycles. The average Bonchev–Trinajstić information content (AvgIpc) is 2.64. The minimum Gasteiger partial charge on any atom is -0.364 e. The molecule has 3 rings (SSSR count). The van der Waals surface area contributed by atoms with E-state index in [-0.39, 0.29) is 11.4 Å². The molecular formula is C18H13ClF2N4O. The lowest BCUT2D eigenvalue weighted by Crippen LogP contribution is -2.14. The quantitative estimate of drug-likeness (QED) is 0.699. The van der Waals surface area contributed by atoms with Crippen molar-refractivity contribution < 1.29 is 13.6 Å². The number of aromatic nitrogens is 2. The van der Waals surface area contributed by atoms with Gasteiger partial charge in [0.25, 0.3) is 5.91 Å². The topological polar surface area (TPSA) is 66.9 Å². The third-order valence-corrected chi connectivity index (χ3v) is 3.87. The highest BCUT2D eigenvalue weighted by molar-refractivity contribution is 6.31. The summed E-state index contributed by atoms with van der Waals surface area (Å²) in [5.41, 5.74) is 0.887. The maximum atomic E-state index is 13.2. The normalized spacial score (nSPS) is 10.4. The van der Waals surface area contributed by atoms with E-state index >= 15 is 0 Å². The van der Waals surface area contributed by atoms with E-state index in [1.807, 2.05) is 18.2 Å². The zero-order chi connectivity index (χ0) is 18.5. The van der Waals surface area contributed by atoms with E-state index in [2.05, 4.69) is 20.8 Å². The van der Waals surface area contributed by atoms with Crippen LogP contribution in [-0.2, 0) is 6.54 Å². The molecule has 0 saturated heterocycles. The summed E-state index contributed by atoms with van der Waals surface area (Å²) in [6, 6.07) is 13.5. The molecule has 0 unspecified atom stereocenters. The maximum Gasteiger partial charge on any atom is 0.256 e. The monoisotopic (exact) mass is 374 g/mol. The summed E-state index contributed by atoms with van der Waals surface area (Å²) in [5.74, 6) is -2.05. The maximum absolute atomic E-state index is 13.2. The van der Waals surface area contributed by atoms with E-state index in [1.165, 1.54) is 6.07 Å². The third-order valence-electron chi connectivity index (χ3n) is 3.51. The second-order valence-electron chi connectivity index (χ2n) is 5.33. The third kappa shape index (κ3) is 4.31. The Morgan fingerprint density at radius 3 is 2.38 bits per heavy atom. The van der Waals surface area contributed by atoms with Crippen LogP contribution >= 0.6 is 11.6 Å². The van der Waals surface area contributed by atoms with Gasteiger partial charge < -0.3 is 10.6 Å². The molecule has 2 N–H and O–H groups in total. The molecule has 0 spiro atoms. The van der Waals surface area contributed by atoms with Gasteiger partial charge >= 0.3 is 0 Å². The first-order chi connectivity index (χ1) is 12.5. The van der Waals surface area contributed by atoms with Crippen LogP contribution in [0.4, 0.5) is 20.4 Å². The number of nitrogens with zero attached hydrogens (tertiary/aromatic N) is 2. The van der Waals surface area contributed by atoms with Gasteiger partial charge in [0, 0.05) is 17.1 Å². The largest absolute Gasteiger partial charge is 0.364 e. The Morgan fingerprint density at radius 2 is 1.69 bits per heavy atom. The lowest BCUT2D eigenvalue weighted by atomic mass is 10.2. The van der Waals surface area contributed by atoms with Gasteiger partial charge in [0.1, 0.15) is 5.82 Å². The van der Waals surface area contributed by atoms with Crippen molar-refractivity contribution >= 4 is 29.1 Å². The SMILES string of the molecule is O=C(Nc1ccc(NCc2ccccc2Cl)nn1)c1ccc(F)c(F)c1. The highest BCUT2D eigenvalue weighted by atomic mass is 35.5. The van der Waals surface area contributed by atoms with Crippen LogP contribution in [0.5, 0.6) is 0 Å². The molecule has 0 aliphatic carbocycles. The lowest BCUT2D eigenvalue weighted by molar-refractivity contribution is 0.102. The average molecular weight is 375 g/mol. The molecule has 0 aliphatic rings. The van der Waals surface area contributed by atoms with Crippen LogP contribution < -0.4 is 10.6 Å². The van der Waals surface area contributed by atoms with Crippen LogP contribution in [0.3, 0.4) is 0 Å². The van der Waals surface area contributed by atoms with Gasteiger partial charge in [0.15, 0.2) is 17.5 Å². The van der Waals surface area contributed by atoms with Crippen molar-refractivity contribution in [3.05, 3.63) is 82.4 Å². The minimum atomic E-state index is -1.09. The lowest BCUT2D eigenvalue weighted by Gasteiger charge is -2.08. The molecule has 0 atom stereocenters. The Balaban J connectivity index is 1.61. The van der Waals surface area contributed by atoms with Crippen molar-refractivity contribution in [3.8, 4) is 0 Å². The predicted molar refractivity (Wildman–Crippen MR) is 95.1 cm³/mol. The van der Waals surface area contributed by atoms with Gasteiger partial charge in [0.05, 0.1) is 0 Å². The molecule has 0 saturated carbocycles. The summed E-state index contributed by atoms with van der Waals surface area (Å²) in [7, 11) is 0. The fourth-order valence-corrected chi connectivity index (χ4v) is 2.35. The number of amides is 1. The van der Waals surface area contributed by atoms with Crippen LogP contribution in [0.15, 0.2) is 54.6 Å². The second-order valence-corrected chi connectivity index (χ2v) is 5.74. The van der Waals surface area contributed by atoms with Crippen LogP contribution in [0.1, 0.15) is 15.9 Å². The molecule has 132 valence electrons. The van der Waals surface area contributed by atoms with Crippen LogP contribution in [0.25, 0.3) is 0 Å². The summed E-state index contributed by atoms with van der Waals surface area (Å²) in [4.78, 5) is 12.0. The molecule has 0 radical (unpaired) electrons. The number of rotatable bonds is 5. The van der Waals surface area contributed by atoms with Crippen molar-refractivity contribution in [2.75, 3.05) is 10.6 Å². The highest BCUT2D eigenvalue weighted by Gasteiger charge is 2.11. The Hall–Kier alpha value is -3.06. The van der Waals surface area contributed by atoms with Crippen molar-refractivity contribution in [1.82, 2.24) is 10.2 Å². The van der Waals surface area contributed by atoms with Crippen molar-refractivity contribution in [2.45, 2.75) is 6.54 Å². The van der Waals surface area contributed by atoms with Crippen molar-refractivity contribution in [3.63, 3.8) is 0 Å². The minimum absolute atomic E-state index is 0.0216. The number of hydrogen-bond donors (Lipinski definition) is 2. The van der Waals surface area contributed by atoms with Crippen LogP contribution in [0.2, 0.25) is 5.02 Å². The number of carbonyl (C=O) groups is 1. The van der Waals surface area contributed by atoms with Gasteiger partial charge in [-0.05, 0) is 42.0 Å².